The maximum atomic E-state index is 11.1. The van der Waals surface area contributed by atoms with Crippen LogP contribution in [0.25, 0.3) is 0 Å². The molecule has 0 spiro atoms. The molecule has 0 aliphatic heterocycles. The Kier molecular flexibility index (Phi) is 1.94. The molecule has 3 heteroatoms. The second-order valence-corrected chi connectivity index (χ2v) is 2.84. The van der Waals surface area contributed by atoms with E-state index in [1.807, 2.05) is 0 Å². The van der Waals surface area contributed by atoms with E-state index in [-0.39, 0.29) is 11.8 Å². The first-order valence-corrected chi connectivity index (χ1v) is 3.48. The van der Waals surface area contributed by atoms with Crippen LogP contribution in [-0.2, 0) is 9.63 Å². The minimum absolute atomic E-state index is 0.106. The first-order valence-electron chi connectivity index (χ1n) is 3.48. The largest absolute Gasteiger partial charge is 0.275 e. The molecular formula is C7H13NO2. The van der Waals surface area contributed by atoms with Crippen molar-refractivity contribution in [3.05, 3.63) is 0 Å². The van der Waals surface area contributed by atoms with Gasteiger partial charge in [0.15, 0.2) is 0 Å². The molecule has 1 fully saturated rings. The first-order chi connectivity index (χ1) is 4.66. The van der Waals surface area contributed by atoms with Gasteiger partial charge < -0.3 is 0 Å². The summed E-state index contributed by atoms with van der Waals surface area (Å²) >= 11 is 0. The van der Waals surface area contributed by atoms with Gasteiger partial charge in [0.25, 0.3) is 0 Å². The molecular weight excluding hydrogens is 130 g/mol. The SMILES string of the molecule is CON(C)C(=O)[C@H]1C[C@@H]1C. The van der Waals surface area contributed by atoms with Crippen LogP contribution in [0.3, 0.4) is 0 Å². The molecule has 3 nitrogen and oxygen atoms in total. The van der Waals surface area contributed by atoms with E-state index in [1.165, 1.54) is 12.2 Å². The van der Waals surface area contributed by atoms with Crippen LogP contribution >= 0.6 is 0 Å². The number of amides is 1. The zero-order valence-corrected chi connectivity index (χ0v) is 6.63. The van der Waals surface area contributed by atoms with Gasteiger partial charge in [0.2, 0.25) is 5.91 Å². The Morgan fingerprint density at radius 3 is 2.50 bits per heavy atom. The van der Waals surface area contributed by atoms with Gasteiger partial charge in [0, 0.05) is 13.0 Å². The molecule has 2 atom stereocenters. The molecule has 1 amide bonds. The van der Waals surface area contributed by atoms with Crippen molar-refractivity contribution in [3.63, 3.8) is 0 Å². The topological polar surface area (TPSA) is 29.5 Å². The number of hydrogen-bond donors (Lipinski definition) is 0. The van der Waals surface area contributed by atoms with Crippen LogP contribution in [0.4, 0.5) is 0 Å². The Morgan fingerprint density at radius 1 is 1.70 bits per heavy atom. The summed E-state index contributed by atoms with van der Waals surface area (Å²) in [6.45, 7) is 2.08. The van der Waals surface area contributed by atoms with Crippen LogP contribution < -0.4 is 0 Å². The molecule has 58 valence electrons. The third-order valence-electron chi connectivity index (χ3n) is 2.01. The zero-order chi connectivity index (χ0) is 7.72. The number of carbonyl (C=O) groups is 1. The Balaban J connectivity index is 2.35. The molecule has 0 radical (unpaired) electrons. The van der Waals surface area contributed by atoms with Crippen molar-refractivity contribution < 1.29 is 9.63 Å². The molecule has 0 aromatic rings. The zero-order valence-electron chi connectivity index (χ0n) is 6.63. The van der Waals surface area contributed by atoms with Crippen LogP contribution in [0.2, 0.25) is 0 Å². The van der Waals surface area contributed by atoms with Gasteiger partial charge in [0.05, 0.1) is 7.11 Å². The lowest BCUT2D eigenvalue weighted by Crippen LogP contribution is -2.27. The van der Waals surface area contributed by atoms with E-state index in [2.05, 4.69) is 6.92 Å². The van der Waals surface area contributed by atoms with Crippen molar-refractivity contribution in [2.75, 3.05) is 14.2 Å². The normalized spacial score (nSPS) is 29.9. The predicted octanol–water partition coefficient (Wildman–Crippen LogP) is 0.662. The molecule has 0 aromatic heterocycles. The molecule has 1 aliphatic carbocycles. The van der Waals surface area contributed by atoms with Gasteiger partial charge in [0.1, 0.15) is 0 Å². The fraction of sp³-hybridized carbons (Fsp3) is 0.857. The second kappa shape index (κ2) is 2.58. The van der Waals surface area contributed by atoms with Gasteiger partial charge in [-0.2, -0.15) is 0 Å². The first kappa shape index (κ1) is 7.54. The van der Waals surface area contributed by atoms with Crippen LogP contribution in [0.1, 0.15) is 13.3 Å². The number of rotatable bonds is 2. The monoisotopic (exact) mass is 143 g/mol. The van der Waals surface area contributed by atoms with Gasteiger partial charge in [-0.3, -0.25) is 9.63 Å². The van der Waals surface area contributed by atoms with Crippen molar-refractivity contribution >= 4 is 5.91 Å². The maximum absolute atomic E-state index is 11.1. The molecule has 0 heterocycles. The summed E-state index contributed by atoms with van der Waals surface area (Å²) in [5.74, 6) is 0.894. The molecule has 0 aromatic carbocycles. The summed E-state index contributed by atoms with van der Waals surface area (Å²) in [6, 6.07) is 0. The fourth-order valence-corrected chi connectivity index (χ4v) is 0.990. The van der Waals surface area contributed by atoms with Crippen molar-refractivity contribution in [2.45, 2.75) is 13.3 Å². The fourth-order valence-electron chi connectivity index (χ4n) is 0.990. The van der Waals surface area contributed by atoms with Crippen LogP contribution in [0.15, 0.2) is 0 Å². The van der Waals surface area contributed by atoms with E-state index in [0.29, 0.717) is 5.92 Å². The minimum Gasteiger partial charge on any atom is -0.275 e. The highest BCUT2D eigenvalue weighted by Crippen LogP contribution is 2.38. The molecule has 0 N–H and O–H groups in total. The average molecular weight is 143 g/mol. The van der Waals surface area contributed by atoms with E-state index in [4.69, 9.17) is 4.84 Å². The van der Waals surface area contributed by atoms with Crippen molar-refractivity contribution in [1.29, 1.82) is 0 Å². The highest BCUT2D eigenvalue weighted by Gasteiger charge is 2.40. The summed E-state index contributed by atoms with van der Waals surface area (Å²) < 4.78 is 0. The van der Waals surface area contributed by atoms with E-state index in [9.17, 15) is 4.79 Å². The van der Waals surface area contributed by atoms with Crippen molar-refractivity contribution in [1.82, 2.24) is 5.06 Å². The number of hydroxylamine groups is 2. The number of carbonyl (C=O) groups excluding carboxylic acids is 1. The van der Waals surface area contributed by atoms with E-state index in [1.54, 1.807) is 7.05 Å². The lowest BCUT2D eigenvalue weighted by atomic mass is 10.3. The molecule has 0 saturated heterocycles. The lowest BCUT2D eigenvalue weighted by molar-refractivity contribution is -0.170. The number of nitrogens with zero attached hydrogens (tertiary/aromatic N) is 1. The van der Waals surface area contributed by atoms with Crippen LogP contribution in [0, 0.1) is 11.8 Å². The quantitative estimate of drug-likeness (QED) is 0.531. The van der Waals surface area contributed by atoms with Gasteiger partial charge in [-0.25, -0.2) is 5.06 Å². The third-order valence-corrected chi connectivity index (χ3v) is 2.01. The maximum Gasteiger partial charge on any atom is 0.249 e. The van der Waals surface area contributed by atoms with Crippen molar-refractivity contribution in [3.8, 4) is 0 Å². The highest BCUT2D eigenvalue weighted by atomic mass is 16.7. The summed E-state index contributed by atoms with van der Waals surface area (Å²) in [6.07, 6.45) is 1.02. The Morgan fingerprint density at radius 2 is 2.20 bits per heavy atom. The summed E-state index contributed by atoms with van der Waals surface area (Å²) in [5.41, 5.74) is 0. The van der Waals surface area contributed by atoms with Gasteiger partial charge >= 0.3 is 0 Å². The van der Waals surface area contributed by atoms with E-state index < -0.39 is 0 Å². The second-order valence-electron chi connectivity index (χ2n) is 2.84. The third kappa shape index (κ3) is 1.29. The summed E-state index contributed by atoms with van der Waals surface area (Å²) in [4.78, 5) is 15.9. The van der Waals surface area contributed by atoms with E-state index >= 15 is 0 Å². The van der Waals surface area contributed by atoms with Crippen LogP contribution in [0.5, 0.6) is 0 Å². The summed E-state index contributed by atoms with van der Waals surface area (Å²) in [7, 11) is 3.15. The molecule has 0 unspecified atom stereocenters. The number of hydrogen-bond acceptors (Lipinski definition) is 2. The average Bonchev–Trinajstić information content (AvgIpc) is 2.63. The minimum atomic E-state index is 0.106. The van der Waals surface area contributed by atoms with Gasteiger partial charge in [-0.05, 0) is 12.3 Å². The van der Waals surface area contributed by atoms with Crippen LogP contribution in [-0.4, -0.2) is 25.1 Å². The lowest BCUT2D eigenvalue weighted by Gasteiger charge is -2.12. The molecule has 0 bridgehead atoms. The Labute approximate surface area is 60.9 Å². The molecule has 1 rings (SSSR count). The standard InChI is InChI=1S/C7H13NO2/c1-5-4-6(5)7(9)8(2)10-3/h5-6H,4H2,1-3H3/t5-,6-/m0/s1. The van der Waals surface area contributed by atoms with Crippen molar-refractivity contribution in [2.24, 2.45) is 11.8 Å². The summed E-state index contributed by atoms with van der Waals surface area (Å²) in [5, 5.41) is 1.30. The van der Waals surface area contributed by atoms with Gasteiger partial charge in [-0.15, -0.1) is 0 Å². The Bertz CT molecular complexity index is 141. The highest BCUT2D eigenvalue weighted by molar-refractivity contribution is 5.80. The molecule has 1 aliphatic rings. The molecule has 1 saturated carbocycles. The molecule has 10 heavy (non-hydrogen) atoms. The Hall–Kier alpha value is -0.570. The smallest absolute Gasteiger partial charge is 0.249 e. The van der Waals surface area contributed by atoms with E-state index in [0.717, 1.165) is 6.42 Å². The predicted molar refractivity (Wildman–Crippen MR) is 37.0 cm³/mol. The van der Waals surface area contributed by atoms with Gasteiger partial charge in [-0.1, -0.05) is 6.92 Å².